The first kappa shape index (κ1) is 14.4. The van der Waals surface area contributed by atoms with Crippen LogP contribution in [0, 0.1) is 5.92 Å². The molecule has 1 fully saturated rings. The first-order valence-corrected chi connectivity index (χ1v) is 8.10. The van der Waals surface area contributed by atoms with E-state index in [0.29, 0.717) is 12.5 Å². The normalized spacial score (nSPS) is 28.2. The van der Waals surface area contributed by atoms with Gasteiger partial charge in [0.15, 0.2) is 0 Å². The van der Waals surface area contributed by atoms with E-state index >= 15 is 0 Å². The molecule has 0 aliphatic heterocycles. The molecule has 0 radical (unpaired) electrons. The van der Waals surface area contributed by atoms with Crippen LogP contribution in [-0.2, 0) is 10.0 Å². The highest BCUT2D eigenvalue weighted by molar-refractivity contribution is 7.89. The van der Waals surface area contributed by atoms with Crippen molar-refractivity contribution in [2.75, 3.05) is 6.54 Å². The second kappa shape index (κ2) is 5.56. The van der Waals surface area contributed by atoms with Crippen LogP contribution >= 0.6 is 0 Å². The van der Waals surface area contributed by atoms with Crippen molar-refractivity contribution in [3.05, 3.63) is 24.5 Å². The second-order valence-corrected chi connectivity index (χ2v) is 7.16. The van der Waals surface area contributed by atoms with Crippen LogP contribution in [0.2, 0.25) is 0 Å². The summed E-state index contributed by atoms with van der Waals surface area (Å²) in [5.41, 5.74) is 5.34. The van der Waals surface area contributed by atoms with Crippen molar-refractivity contribution >= 4 is 10.0 Å². The maximum atomic E-state index is 12.4. The fraction of sp³-hybridized carbons (Fsp3) is 0.615. The highest BCUT2D eigenvalue weighted by atomic mass is 32.2. The predicted octanol–water partition coefficient (Wildman–Crippen LogP) is 1.27. The van der Waals surface area contributed by atoms with E-state index in [1.165, 1.54) is 6.20 Å². The highest BCUT2D eigenvalue weighted by Crippen LogP contribution is 2.32. The molecule has 1 heterocycles. The van der Waals surface area contributed by atoms with E-state index in [9.17, 15) is 8.42 Å². The van der Waals surface area contributed by atoms with E-state index < -0.39 is 15.6 Å². The summed E-state index contributed by atoms with van der Waals surface area (Å²) in [6.07, 6.45) is 6.65. The lowest BCUT2D eigenvalue weighted by atomic mass is 9.77. The maximum Gasteiger partial charge on any atom is 0.242 e. The third-order valence-corrected chi connectivity index (χ3v) is 5.34. The van der Waals surface area contributed by atoms with Gasteiger partial charge in [-0.05, 0) is 30.9 Å². The van der Waals surface area contributed by atoms with E-state index in [2.05, 4.69) is 16.6 Å². The number of hydrogen-bond acceptors (Lipinski definition) is 4. The van der Waals surface area contributed by atoms with Crippen molar-refractivity contribution in [1.29, 1.82) is 0 Å². The summed E-state index contributed by atoms with van der Waals surface area (Å²) in [6, 6.07) is 3.17. The zero-order valence-electron chi connectivity index (χ0n) is 11.2. The zero-order chi connectivity index (χ0) is 13.9. The topological polar surface area (TPSA) is 85.1 Å². The molecule has 2 rings (SSSR count). The Bertz CT molecular complexity index is 518. The van der Waals surface area contributed by atoms with Gasteiger partial charge in [-0.1, -0.05) is 19.8 Å². The van der Waals surface area contributed by atoms with Gasteiger partial charge in [0.25, 0.3) is 0 Å². The van der Waals surface area contributed by atoms with E-state index in [1.54, 1.807) is 18.3 Å². The van der Waals surface area contributed by atoms with Gasteiger partial charge in [0.1, 0.15) is 4.90 Å². The van der Waals surface area contributed by atoms with Crippen LogP contribution in [0.3, 0.4) is 0 Å². The van der Waals surface area contributed by atoms with Crippen molar-refractivity contribution < 1.29 is 8.42 Å². The number of rotatable bonds is 4. The molecule has 0 amide bonds. The molecule has 0 spiro atoms. The average molecular weight is 283 g/mol. The molecule has 0 bridgehead atoms. The fourth-order valence-electron chi connectivity index (χ4n) is 2.83. The second-order valence-electron chi connectivity index (χ2n) is 5.48. The van der Waals surface area contributed by atoms with Crippen LogP contribution in [0.15, 0.2) is 29.4 Å². The number of hydrogen-bond donors (Lipinski definition) is 2. The molecule has 1 aliphatic carbocycles. The van der Waals surface area contributed by atoms with Gasteiger partial charge >= 0.3 is 0 Å². The molecule has 1 aliphatic rings. The van der Waals surface area contributed by atoms with Crippen molar-refractivity contribution in [1.82, 2.24) is 9.71 Å². The Labute approximate surface area is 114 Å². The van der Waals surface area contributed by atoms with Crippen LogP contribution in [0.5, 0.6) is 0 Å². The molecular weight excluding hydrogens is 262 g/mol. The summed E-state index contributed by atoms with van der Waals surface area (Å²) in [5.74, 6) is 0.494. The summed E-state index contributed by atoms with van der Waals surface area (Å²) in [7, 11) is -3.55. The Hall–Kier alpha value is -0.980. The first-order chi connectivity index (χ1) is 8.97. The summed E-state index contributed by atoms with van der Waals surface area (Å²) >= 11 is 0. The molecule has 0 saturated heterocycles. The van der Waals surface area contributed by atoms with Gasteiger partial charge in [0.2, 0.25) is 10.0 Å². The third-order valence-electron chi connectivity index (χ3n) is 3.78. The van der Waals surface area contributed by atoms with Crippen molar-refractivity contribution in [2.45, 2.75) is 43.0 Å². The average Bonchev–Trinajstić information content (AvgIpc) is 2.39. The van der Waals surface area contributed by atoms with Gasteiger partial charge in [-0.3, -0.25) is 4.98 Å². The van der Waals surface area contributed by atoms with Gasteiger partial charge in [-0.15, -0.1) is 0 Å². The van der Waals surface area contributed by atoms with Gasteiger partial charge in [-0.2, -0.15) is 0 Å². The lowest BCUT2D eigenvalue weighted by molar-refractivity contribution is 0.223. The SMILES string of the molecule is CC1CCCC(CN)(NS(=O)(=O)c2cccnc2)C1. The molecule has 106 valence electrons. The number of nitrogens with two attached hydrogens (primary N) is 1. The number of aromatic nitrogens is 1. The predicted molar refractivity (Wildman–Crippen MR) is 74.0 cm³/mol. The van der Waals surface area contributed by atoms with Gasteiger partial charge in [0.05, 0.1) is 0 Å². The summed E-state index contributed by atoms with van der Waals surface area (Å²) in [6.45, 7) is 2.47. The first-order valence-electron chi connectivity index (χ1n) is 6.61. The number of nitrogens with one attached hydrogen (secondary N) is 1. The maximum absolute atomic E-state index is 12.4. The Morgan fingerprint density at radius 2 is 2.37 bits per heavy atom. The Kier molecular flexibility index (Phi) is 4.23. The Morgan fingerprint density at radius 1 is 1.58 bits per heavy atom. The Balaban J connectivity index is 2.23. The van der Waals surface area contributed by atoms with Crippen molar-refractivity contribution in [2.24, 2.45) is 11.7 Å². The molecule has 5 nitrogen and oxygen atoms in total. The largest absolute Gasteiger partial charge is 0.329 e. The van der Waals surface area contributed by atoms with Crippen molar-refractivity contribution in [3.8, 4) is 0 Å². The molecule has 3 N–H and O–H groups in total. The van der Waals surface area contributed by atoms with Gasteiger partial charge in [-0.25, -0.2) is 13.1 Å². The molecule has 2 unspecified atom stereocenters. The molecular formula is C13H21N3O2S. The summed E-state index contributed by atoms with van der Waals surface area (Å²) in [4.78, 5) is 4.05. The Morgan fingerprint density at radius 3 is 2.95 bits per heavy atom. The van der Waals surface area contributed by atoms with Crippen LogP contribution < -0.4 is 10.5 Å². The standard InChI is InChI=1S/C13H21N3O2S/c1-11-4-2-6-13(8-11,10-14)16-19(17,18)12-5-3-7-15-9-12/h3,5,7,9,11,16H,2,4,6,8,10,14H2,1H3. The van der Waals surface area contributed by atoms with Crippen LogP contribution in [0.25, 0.3) is 0 Å². The van der Waals surface area contributed by atoms with E-state index in [1.807, 2.05) is 0 Å². The minimum atomic E-state index is -3.55. The fourth-order valence-corrected chi connectivity index (χ4v) is 4.24. The van der Waals surface area contributed by atoms with Gasteiger partial charge < -0.3 is 5.73 Å². The number of pyridine rings is 1. The van der Waals surface area contributed by atoms with Gasteiger partial charge in [0, 0.05) is 24.5 Å². The summed E-state index contributed by atoms with van der Waals surface area (Å²) in [5, 5.41) is 0. The molecule has 1 aromatic rings. The molecule has 1 aromatic heterocycles. The zero-order valence-corrected chi connectivity index (χ0v) is 12.0. The van der Waals surface area contributed by atoms with E-state index in [4.69, 9.17) is 5.73 Å². The third kappa shape index (κ3) is 3.32. The summed E-state index contributed by atoms with van der Waals surface area (Å²) < 4.78 is 27.5. The van der Waals surface area contributed by atoms with E-state index in [0.717, 1.165) is 25.7 Å². The molecule has 1 saturated carbocycles. The lowest BCUT2D eigenvalue weighted by Crippen LogP contribution is -2.55. The molecule has 6 heteroatoms. The quantitative estimate of drug-likeness (QED) is 0.871. The molecule has 0 aromatic carbocycles. The van der Waals surface area contributed by atoms with Crippen LogP contribution in [0.4, 0.5) is 0 Å². The van der Waals surface area contributed by atoms with Crippen molar-refractivity contribution in [3.63, 3.8) is 0 Å². The van der Waals surface area contributed by atoms with E-state index in [-0.39, 0.29) is 4.90 Å². The van der Waals surface area contributed by atoms with Crippen LogP contribution in [-0.4, -0.2) is 25.5 Å². The number of nitrogens with zero attached hydrogens (tertiary/aromatic N) is 1. The smallest absolute Gasteiger partial charge is 0.242 e. The monoisotopic (exact) mass is 283 g/mol. The number of sulfonamides is 1. The molecule has 2 atom stereocenters. The van der Waals surface area contributed by atoms with Crippen LogP contribution in [0.1, 0.15) is 32.6 Å². The lowest BCUT2D eigenvalue weighted by Gasteiger charge is -2.39. The molecule has 19 heavy (non-hydrogen) atoms. The minimum absolute atomic E-state index is 0.195. The minimum Gasteiger partial charge on any atom is -0.329 e. The highest BCUT2D eigenvalue weighted by Gasteiger charge is 2.37.